The van der Waals surface area contributed by atoms with Crippen LogP contribution in [0.15, 0.2) is 26.2 Å². The highest BCUT2D eigenvalue weighted by Crippen LogP contribution is 2.34. The normalized spacial score (nSPS) is 20.7. The van der Waals surface area contributed by atoms with Crippen molar-refractivity contribution in [1.82, 2.24) is 4.72 Å². The highest BCUT2D eigenvalue weighted by molar-refractivity contribution is 9.11. The van der Waals surface area contributed by atoms with Crippen LogP contribution in [-0.4, -0.2) is 14.5 Å². The maximum Gasteiger partial charge on any atom is 0.250 e. The molecule has 1 aliphatic carbocycles. The van der Waals surface area contributed by atoms with Gasteiger partial charge in [-0.2, -0.15) is 0 Å². The Hall–Kier alpha value is 0.120. The van der Waals surface area contributed by atoms with Gasteiger partial charge < -0.3 is 0 Å². The molecule has 1 aromatic heterocycles. The molecule has 7 heteroatoms. The zero-order valence-electron chi connectivity index (χ0n) is 8.82. The Bertz CT molecular complexity index is 519. The van der Waals surface area contributed by atoms with E-state index in [1.165, 1.54) is 6.07 Å². The van der Waals surface area contributed by atoms with Gasteiger partial charge in [-0.25, -0.2) is 13.1 Å². The predicted octanol–water partition coefficient (Wildman–Crippen LogP) is 3.55. The molecule has 0 saturated carbocycles. The van der Waals surface area contributed by atoms with Crippen molar-refractivity contribution >= 4 is 48.9 Å². The van der Waals surface area contributed by atoms with Gasteiger partial charge in [0.1, 0.15) is 4.21 Å². The van der Waals surface area contributed by atoms with E-state index in [1.807, 2.05) is 6.08 Å². The van der Waals surface area contributed by atoms with Gasteiger partial charge in [0.25, 0.3) is 0 Å². The summed E-state index contributed by atoms with van der Waals surface area (Å²) in [4.78, 5) is 0. The molecule has 0 amide bonds. The lowest BCUT2D eigenvalue weighted by atomic mass is 10.0. The van der Waals surface area contributed by atoms with Crippen molar-refractivity contribution in [3.63, 3.8) is 0 Å². The molecule has 0 radical (unpaired) electrons. The fourth-order valence-corrected chi connectivity index (χ4v) is 5.34. The van der Waals surface area contributed by atoms with E-state index in [9.17, 15) is 8.42 Å². The molecule has 0 aromatic carbocycles. The number of hydrogen-bond acceptors (Lipinski definition) is 3. The zero-order chi connectivity index (χ0) is 12.5. The maximum absolute atomic E-state index is 12.1. The number of halogens is 2. The van der Waals surface area contributed by atoms with Gasteiger partial charge in [-0.1, -0.05) is 23.8 Å². The van der Waals surface area contributed by atoms with Gasteiger partial charge in [-0.3, -0.25) is 0 Å². The fourth-order valence-electron chi connectivity index (χ4n) is 1.64. The lowest BCUT2D eigenvalue weighted by Gasteiger charge is -2.18. The first-order chi connectivity index (χ1) is 7.99. The summed E-state index contributed by atoms with van der Waals surface area (Å²) in [5, 5.41) is 0.430. The van der Waals surface area contributed by atoms with E-state index >= 15 is 0 Å². The lowest BCUT2D eigenvalue weighted by molar-refractivity contribution is 0.523. The first-order valence-electron chi connectivity index (χ1n) is 5.11. The Morgan fingerprint density at radius 1 is 1.47 bits per heavy atom. The first kappa shape index (κ1) is 13.5. The SMILES string of the molecule is O=S(=O)(NC1CC=CCC1)c1cc(Cl)c(Br)s1. The molecule has 0 aliphatic heterocycles. The van der Waals surface area contributed by atoms with E-state index in [0.29, 0.717) is 8.81 Å². The molecular weight excluding hydrogens is 346 g/mol. The minimum Gasteiger partial charge on any atom is -0.207 e. The van der Waals surface area contributed by atoms with Crippen molar-refractivity contribution in [3.8, 4) is 0 Å². The van der Waals surface area contributed by atoms with Crippen LogP contribution in [0.1, 0.15) is 19.3 Å². The van der Waals surface area contributed by atoms with Crippen LogP contribution >= 0.6 is 38.9 Å². The predicted molar refractivity (Wildman–Crippen MR) is 74.1 cm³/mol. The number of nitrogens with one attached hydrogen (secondary N) is 1. The van der Waals surface area contributed by atoms with Crippen LogP contribution < -0.4 is 4.72 Å². The summed E-state index contributed by atoms with van der Waals surface area (Å²) in [7, 11) is -3.44. The van der Waals surface area contributed by atoms with Crippen molar-refractivity contribution in [2.24, 2.45) is 0 Å². The highest BCUT2D eigenvalue weighted by Gasteiger charge is 2.23. The zero-order valence-corrected chi connectivity index (χ0v) is 12.8. The summed E-state index contributed by atoms with van der Waals surface area (Å²) >= 11 is 10.2. The molecule has 0 bridgehead atoms. The quantitative estimate of drug-likeness (QED) is 0.842. The van der Waals surface area contributed by atoms with Gasteiger partial charge in [-0.15, -0.1) is 11.3 Å². The Morgan fingerprint density at radius 3 is 2.76 bits per heavy atom. The van der Waals surface area contributed by atoms with E-state index < -0.39 is 10.0 Å². The second-order valence-electron chi connectivity index (χ2n) is 3.79. The van der Waals surface area contributed by atoms with Crippen molar-refractivity contribution in [2.75, 3.05) is 0 Å². The monoisotopic (exact) mass is 355 g/mol. The second-order valence-corrected chi connectivity index (χ2v) is 8.51. The largest absolute Gasteiger partial charge is 0.250 e. The van der Waals surface area contributed by atoms with E-state index in [-0.39, 0.29) is 10.3 Å². The minimum atomic E-state index is -3.44. The molecule has 3 nitrogen and oxygen atoms in total. The molecule has 0 saturated heterocycles. The summed E-state index contributed by atoms with van der Waals surface area (Å²) in [5.41, 5.74) is 0. The Balaban J connectivity index is 2.16. The summed E-state index contributed by atoms with van der Waals surface area (Å²) in [5.74, 6) is 0. The molecule has 0 spiro atoms. The number of rotatable bonds is 3. The standard InChI is InChI=1S/C10H11BrClNO2S2/c11-10-8(12)6-9(16-10)17(14,15)13-7-4-2-1-3-5-7/h1-2,6-7,13H,3-5H2. The molecule has 0 fully saturated rings. The van der Waals surface area contributed by atoms with E-state index in [4.69, 9.17) is 11.6 Å². The molecule has 2 rings (SSSR count). The van der Waals surface area contributed by atoms with Gasteiger partial charge in [0.15, 0.2) is 0 Å². The molecule has 1 atom stereocenters. The van der Waals surface area contributed by atoms with Crippen LogP contribution in [0.5, 0.6) is 0 Å². The number of thiophene rings is 1. The van der Waals surface area contributed by atoms with Crippen molar-refractivity contribution < 1.29 is 8.42 Å². The molecule has 1 unspecified atom stereocenters. The molecule has 1 aliphatic rings. The minimum absolute atomic E-state index is 0.00958. The molecule has 94 valence electrons. The number of hydrogen-bond donors (Lipinski definition) is 1. The highest BCUT2D eigenvalue weighted by atomic mass is 79.9. The molecule has 1 aromatic rings. The summed E-state index contributed by atoms with van der Waals surface area (Å²) in [6.07, 6.45) is 6.59. The van der Waals surface area contributed by atoms with Crippen LogP contribution in [0, 0.1) is 0 Å². The lowest BCUT2D eigenvalue weighted by Crippen LogP contribution is -2.34. The third-order valence-electron chi connectivity index (χ3n) is 2.48. The van der Waals surface area contributed by atoms with E-state index in [0.717, 1.165) is 30.6 Å². The van der Waals surface area contributed by atoms with Crippen LogP contribution in [0.2, 0.25) is 5.02 Å². The van der Waals surface area contributed by atoms with Crippen LogP contribution in [0.25, 0.3) is 0 Å². The van der Waals surface area contributed by atoms with Crippen LogP contribution in [-0.2, 0) is 10.0 Å². The van der Waals surface area contributed by atoms with Crippen molar-refractivity contribution in [2.45, 2.75) is 29.5 Å². The van der Waals surface area contributed by atoms with Gasteiger partial charge in [0, 0.05) is 6.04 Å². The van der Waals surface area contributed by atoms with Gasteiger partial charge >= 0.3 is 0 Å². The topological polar surface area (TPSA) is 46.2 Å². The van der Waals surface area contributed by atoms with E-state index in [1.54, 1.807) is 0 Å². The van der Waals surface area contributed by atoms with E-state index in [2.05, 4.69) is 26.7 Å². The van der Waals surface area contributed by atoms with Crippen LogP contribution in [0.4, 0.5) is 0 Å². The average molecular weight is 357 g/mol. The van der Waals surface area contributed by atoms with Crippen LogP contribution in [0.3, 0.4) is 0 Å². The first-order valence-corrected chi connectivity index (χ1v) is 8.58. The molecule has 17 heavy (non-hydrogen) atoms. The fraction of sp³-hybridized carbons (Fsp3) is 0.400. The van der Waals surface area contributed by atoms with Gasteiger partial charge in [0.05, 0.1) is 8.81 Å². The van der Waals surface area contributed by atoms with Gasteiger partial charge in [-0.05, 0) is 41.3 Å². The second kappa shape index (κ2) is 5.40. The summed E-state index contributed by atoms with van der Waals surface area (Å²) in [6, 6.07) is 1.46. The average Bonchev–Trinajstić information content (AvgIpc) is 2.61. The molecular formula is C10H11BrClNO2S2. The Kier molecular flexibility index (Phi) is 4.31. The van der Waals surface area contributed by atoms with Crippen molar-refractivity contribution in [3.05, 3.63) is 27.0 Å². The molecule has 1 heterocycles. The third-order valence-corrected chi connectivity index (χ3v) is 6.95. The number of sulfonamides is 1. The van der Waals surface area contributed by atoms with Crippen molar-refractivity contribution in [1.29, 1.82) is 0 Å². The smallest absolute Gasteiger partial charge is 0.207 e. The summed E-state index contributed by atoms with van der Waals surface area (Å²) in [6.45, 7) is 0. The summed E-state index contributed by atoms with van der Waals surface area (Å²) < 4.78 is 27.7. The maximum atomic E-state index is 12.1. The molecule has 1 N–H and O–H groups in total. The Morgan fingerprint density at radius 2 is 2.24 bits per heavy atom. The Labute approximate surface area is 118 Å². The third kappa shape index (κ3) is 3.32. The number of allylic oxidation sites excluding steroid dienone is 1. The van der Waals surface area contributed by atoms with Gasteiger partial charge in [0.2, 0.25) is 10.0 Å².